The van der Waals surface area contributed by atoms with Gasteiger partial charge in [-0.05, 0) is 25.5 Å². The molecule has 0 fully saturated rings. The molecule has 0 aromatic carbocycles. The highest BCUT2D eigenvalue weighted by Crippen LogP contribution is 2.21. The lowest BCUT2D eigenvalue weighted by Gasteiger charge is -2.04. The molecule has 20 heavy (non-hydrogen) atoms. The van der Waals surface area contributed by atoms with Gasteiger partial charge < -0.3 is 9.84 Å². The van der Waals surface area contributed by atoms with Crippen molar-refractivity contribution in [2.45, 2.75) is 24.0 Å². The van der Waals surface area contributed by atoms with Gasteiger partial charge in [0.05, 0.1) is 6.61 Å². The van der Waals surface area contributed by atoms with E-state index in [0.29, 0.717) is 17.8 Å². The van der Waals surface area contributed by atoms with Crippen LogP contribution < -0.4 is 4.72 Å². The lowest BCUT2D eigenvalue weighted by Crippen LogP contribution is -2.24. The van der Waals surface area contributed by atoms with Crippen LogP contribution in [-0.2, 0) is 19.6 Å². The number of aromatic carboxylic acids is 1. The number of carbonyl (C=O) groups excluding carboxylic acids is 1. The van der Waals surface area contributed by atoms with E-state index in [1.54, 1.807) is 6.92 Å². The Kier molecular flexibility index (Phi) is 6.11. The zero-order valence-electron chi connectivity index (χ0n) is 10.8. The predicted octanol–water partition coefficient (Wildman–Crippen LogP) is 1.07. The number of nitrogens with one attached hydrogen (secondary N) is 1. The molecule has 1 heterocycles. The van der Waals surface area contributed by atoms with Crippen molar-refractivity contribution < 1.29 is 27.9 Å². The van der Waals surface area contributed by atoms with Crippen molar-refractivity contribution in [1.82, 2.24) is 4.72 Å². The first-order valence-electron chi connectivity index (χ1n) is 5.85. The fourth-order valence-electron chi connectivity index (χ4n) is 1.32. The van der Waals surface area contributed by atoms with Gasteiger partial charge >= 0.3 is 11.9 Å². The molecule has 1 rings (SSSR count). The third-order valence-corrected chi connectivity index (χ3v) is 5.24. The lowest BCUT2D eigenvalue weighted by atomic mass is 10.3. The molecule has 0 aliphatic carbocycles. The van der Waals surface area contributed by atoms with Crippen LogP contribution in [0.15, 0.2) is 16.3 Å². The van der Waals surface area contributed by atoms with E-state index in [0.717, 1.165) is 0 Å². The average Bonchev–Trinajstić information content (AvgIpc) is 2.85. The Morgan fingerprint density at radius 3 is 2.65 bits per heavy atom. The van der Waals surface area contributed by atoms with Gasteiger partial charge in [-0.1, -0.05) is 0 Å². The molecule has 0 radical (unpaired) electrons. The number of rotatable bonds is 8. The molecule has 2 N–H and O–H groups in total. The monoisotopic (exact) mass is 321 g/mol. The highest BCUT2D eigenvalue weighted by Gasteiger charge is 2.18. The predicted molar refractivity (Wildman–Crippen MR) is 72.3 cm³/mol. The van der Waals surface area contributed by atoms with E-state index >= 15 is 0 Å². The van der Waals surface area contributed by atoms with Crippen molar-refractivity contribution in [3.63, 3.8) is 0 Å². The Morgan fingerprint density at radius 2 is 2.10 bits per heavy atom. The first-order valence-corrected chi connectivity index (χ1v) is 8.15. The van der Waals surface area contributed by atoms with Crippen LogP contribution in [0.1, 0.15) is 29.4 Å². The summed E-state index contributed by atoms with van der Waals surface area (Å²) in [6, 6.07) is 2.47. The molecule has 112 valence electrons. The van der Waals surface area contributed by atoms with E-state index in [2.05, 4.69) is 4.72 Å². The van der Waals surface area contributed by atoms with E-state index in [4.69, 9.17) is 9.84 Å². The van der Waals surface area contributed by atoms with Gasteiger partial charge in [0.1, 0.15) is 9.09 Å². The van der Waals surface area contributed by atoms with Crippen LogP contribution in [0.3, 0.4) is 0 Å². The number of sulfonamides is 1. The van der Waals surface area contributed by atoms with Crippen molar-refractivity contribution >= 4 is 33.3 Å². The molecule has 0 unspecified atom stereocenters. The molecular formula is C11H15NO6S2. The highest BCUT2D eigenvalue weighted by molar-refractivity contribution is 7.91. The Morgan fingerprint density at radius 1 is 1.40 bits per heavy atom. The van der Waals surface area contributed by atoms with E-state index in [1.165, 1.54) is 12.1 Å². The number of thiophene rings is 1. The minimum absolute atomic E-state index is 0.0445. The average molecular weight is 321 g/mol. The zero-order chi connectivity index (χ0) is 15.2. The van der Waals surface area contributed by atoms with Crippen molar-refractivity contribution in [3.05, 3.63) is 17.0 Å². The normalized spacial score (nSPS) is 11.2. The molecule has 1 aromatic heterocycles. The van der Waals surface area contributed by atoms with Crippen molar-refractivity contribution in [2.75, 3.05) is 13.2 Å². The summed E-state index contributed by atoms with van der Waals surface area (Å²) in [5, 5.41) is 8.73. The number of hydrogen-bond acceptors (Lipinski definition) is 6. The number of hydrogen-bond donors (Lipinski definition) is 2. The maximum absolute atomic E-state index is 11.8. The van der Waals surface area contributed by atoms with Crippen LogP contribution in [0, 0.1) is 0 Å². The van der Waals surface area contributed by atoms with E-state index in [9.17, 15) is 18.0 Å². The van der Waals surface area contributed by atoms with Gasteiger partial charge in [0.25, 0.3) is 0 Å². The maximum Gasteiger partial charge on any atom is 0.345 e. The molecule has 0 atom stereocenters. The summed E-state index contributed by atoms with van der Waals surface area (Å²) in [6.07, 6.45) is 0.441. The summed E-state index contributed by atoms with van der Waals surface area (Å²) >= 11 is 0.679. The van der Waals surface area contributed by atoms with E-state index < -0.39 is 16.0 Å². The van der Waals surface area contributed by atoms with Gasteiger partial charge in [0.2, 0.25) is 10.0 Å². The summed E-state index contributed by atoms with van der Waals surface area (Å²) in [4.78, 5) is 21.7. The maximum atomic E-state index is 11.8. The zero-order valence-corrected chi connectivity index (χ0v) is 12.4. The number of esters is 1. The third kappa shape index (κ3) is 4.91. The summed E-state index contributed by atoms with van der Waals surface area (Å²) in [6.45, 7) is 2.07. The second kappa shape index (κ2) is 7.36. The summed E-state index contributed by atoms with van der Waals surface area (Å²) in [5.74, 6) is -1.55. The van der Waals surface area contributed by atoms with Crippen LogP contribution in [0.4, 0.5) is 0 Å². The minimum atomic E-state index is -3.73. The standard InChI is InChI=1S/C11H15NO6S2/c1-2-18-9(13)4-3-7-12-20(16,17)10-6-5-8(19-10)11(14)15/h5-6,12H,2-4,7H2,1H3,(H,14,15). The summed E-state index contributed by atoms with van der Waals surface area (Å²) in [5.41, 5.74) is 0. The van der Waals surface area contributed by atoms with Gasteiger partial charge in [-0.2, -0.15) is 0 Å². The minimum Gasteiger partial charge on any atom is -0.477 e. The number of carboxylic acids is 1. The first-order chi connectivity index (χ1) is 9.36. The van der Waals surface area contributed by atoms with Gasteiger partial charge in [-0.3, -0.25) is 4.79 Å². The van der Waals surface area contributed by atoms with Crippen LogP contribution in [0.2, 0.25) is 0 Å². The number of carbonyl (C=O) groups is 2. The number of ether oxygens (including phenoxy) is 1. The Hall–Kier alpha value is -1.45. The molecule has 9 heteroatoms. The third-order valence-electron chi connectivity index (χ3n) is 2.21. The molecule has 0 bridgehead atoms. The quantitative estimate of drug-likeness (QED) is 0.547. The molecule has 0 saturated heterocycles. The fraction of sp³-hybridized carbons (Fsp3) is 0.455. The van der Waals surface area contributed by atoms with E-state index in [1.807, 2.05) is 0 Å². The van der Waals surface area contributed by atoms with Gasteiger partial charge in [-0.25, -0.2) is 17.9 Å². The van der Waals surface area contributed by atoms with Crippen LogP contribution in [0.25, 0.3) is 0 Å². The SMILES string of the molecule is CCOC(=O)CCCNS(=O)(=O)c1ccc(C(=O)O)s1. The van der Waals surface area contributed by atoms with Crippen LogP contribution in [0.5, 0.6) is 0 Å². The Labute approximate surface area is 120 Å². The summed E-state index contributed by atoms with van der Waals surface area (Å²) in [7, 11) is -3.73. The first kappa shape index (κ1) is 16.6. The molecule has 0 saturated carbocycles. The largest absolute Gasteiger partial charge is 0.477 e. The molecule has 0 spiro atoms. The molecule has 1 aromatic rings. The molecule has 0 aliphatic rings. The molecular weight excluding hydrogens is 306 g/mol. The van der Waals surface area contributed by atoms with Crippen molar-refractivity contribution in [2.24, 2.45) is 0 Å². The van der Waals surface area contributed by atoms with Gasteiger partial charge in [0.15, 0.2) is 0 Å². The lowest BCUT2D eigenvalue weighted by molar-refractivity contribution is -0.143. The topological polar surface area (TPSA) is 110 Å². The van der Waals surface area contributed by atoms with Gasteiger partial charge in [-0.15, -0.1) is 11.3 Å². The van der Waals surface area contributed by atoms with E-state index in [-0.39, 0.29) is 34.6 Å². The van der Waals surface area contributed by atoms with Crippen molar-refractivity contribution in [3.8, 4) is 0 Å². The molecule has 7 nitrogen and oxygen atoms in total. The van der Waals surface area contributed by atoms with Gasteiger partial charge in [0, 0.05) is 13.0 Å². The summed E-state index contributed by atoms with van der Waals surface area (Å²) < 4.78 is 30.6. The smallest absolute Gasteiger partial charge is 0.345 e. The fourth-order valence-corrected chi connectivity index (χ4v) is 3.59. The second-order valence-corrected chi connectivity index (χ2v) is 6.81. The van der Waals surface area contributed by atoms with Crippen LogP contribution >= 0.6 is 11.3 Å². The Balaban J connectivity index is 2.49. The van der Waals surface area contributed by atoms with Crippen molar-refractivity contribution in [1.29, 1.82) is 0 Å². The van der Waals surface area contributed by atoms with Crippen LogP contribution in [-0.4, -0.2) is 38.6 Å². The second-order valence-electron chi connectivity index (χ2n) is 3.73. The Bertz CT molecular complexity index is 577. The molecule has 0 amide bonds. The molecule has 0 aliphatic heterocycles. The highest BCUT2D eigenvalue weighted by atomic mass is 32.2. The number of carboxylic acid groups (broad SMARTS) is 1.